The van der Waals surface area contributed by atoms with Crippen LogP contribution in [-0.4, -0.2) is 0 Å². The molecule has 0 saturated carbocycles. The van der Waals surface area contributed by atoms with E-state index in [4.69, 9.17) is 4.42 Å². The Morgan fingerprint density at radius 2 is 1.09 bits per heavy atom. The summed E-state index contributed by atoms with van der Waals surface area (Å²) in [6, 6.07) is 52.1. The van der Waals surface area contributed by atoms with Gasteiger partial charge in [0.15, 0.2) is 0 Å². The molecule has 274 valence electrons. The van der Waals surface area contributed by atoms with Crippen LogP contribution in [0.1, 0.15) is 76.6 Å². The number of thiophene rings is 1. The minimum Gasteiger partial charge on any atom is -0.456 e. The summed E-state index contributed by atoms with van der Waals surface area (Å²) in [6.07, 6.45) is 2.44. The van der Waals surface area contributed by atoms with Crippen LogP contribution in [0.15, 0.2) is 144 Å². The van der Waals surface area contributed by atoms with E-state index in [9.17, 15) is 0 Å². The van der Waals surface area contributed by atoms with Crippen molar-refractivity contribution in [2.45, 2.75) is 70.6 Å². The third-order valence-corrected chi connectivity index (χ3v) is 14.5. The van der Waals surface area contributed by atoms with Crippen molar-refractivity contribution in [2.24, 2.45) is 0 Å². The number of furan rings is 1. The molecule has 0 fully saturated rings. The Kier molecular flexibility index (Phi) is 7.03. The summed E-state index contributed by atoms with van der Waals surface area (Å²) in [6.45, 7) is 14.6. The van der Waals surface area contributed by atoms with Gasteiger partial charge in [-0.1, -0.05) is 114 Å². The fourth-order valence-corrected chi connectivity index (χ4v) is 11.1. The second-order valence-corrected chi connectivity index (χ2v) is 19.1. The van der Waals surface area contributed by atoms with E-state index in [0.29, 0.717) is 0 Å². The predicted octanol–water partition coefficient (Wildman–Crippen LogP) is 15.7. The lowest BCUT2D eigenvalue weighted by Gasteiger charge is -2.42. The molecule has 56 heavy (non-hydrogen) atoms. The van der Waals surface area contributed by atoms with E-state index in [1.807, 2.05) is 17.4 Å². The van der Waals surface area contributed by atoms with Crippen LogP contribution in [0, 0.1) is 0 Å². The minimum atomic E-state index is -0.0598. The quantitative estimate of drug-likeness (QED) is 0.178. The van der Waals surface area contributed by atoms with Crippen molar-refractivity contribution in [2.75, 3.05) is 4.90 Å². The Morgan fingerprint density at radius 1 is 0.446 bits per heavy atom. The third kappa shape index (κ3) is 4.93. The number of anilines is 3. The van der Waals surface area contributed by atoms with E-state index in [0.717, 1.165) is 39.0 Å². The van der Waals surface area contributed by atoms with Gasteiger partial charge < -0.3 is 9.32 Å². The van der Waals surface area contributed by atoms with E-state index in [1.165, 1.54) is 77.5 Å². The number of hydrogen-bond acceptors (Lipinski definition) is 3. The maximum Gasteiger partial charge on any atom is 0.135 e. The predicted molar refractivity (Wildman–Crippen MR) is 240 cm³/mol. The molecule has 0 bridgehead atoms. The van der Waals surface area contributed by atoms with E-state index >= 15 is 0 Å². The molecule has 0 saturated heterocycles. The number of para-hydroxylation sites is 1. The highest BCUT2D eigenvalue weighted by atomic mass is 32.1. The van der Waals surface area contributed by atoms with Gasteiger partial charge in [0.2, 0.25) is 0 Å². The zero-order valence-corrected chi connectivity index (χ0v) is 33.8. The summed E-state index contributed by atoms with van der Waals surface area (Å²) in [4.78, 5) is 2.41. The van der Waals surface area contributed by atoms with E-state index in [1.54, 1.807) is 0 Å². The first-order valence-corrected chi connectivity index (χ1v) is 20.9. The van der Waals surface area contributed by atoms with Crippen LogP contribution in [0.25, 0.3) is 64.4 Å². The van der Waals surface area contributed by atoms with Crippen molar-refractivity contribution in [3.05, 3.63) is 162 Å². The molecule has 7 aromatic carbocycles. The molecule has 2 aromatic heterocycles. The van der Waals surface area contributed by atoms with Crippen LogP contribution in [0.3, 0.4) is 0 Å². The number of fused-ring (bicyclic) bond motifs is 10. The highest BCUT2D eigenvalue weighted by Crippen LogP contribution is 2.55. The van der Waals surface area contributed by atoms with E-state index in [2.05, 4.69) is 180 Å². The molecule has 0 radical (unpaired) electrons. The first-order chi connectivity index (χ1) is 27.0. The lowest BCUT2D eigenvalue weighted by atomic mass is 9.62. The van der Waals surface area contributed by atoms with Crippen molar-refractivity contribution >= 4 is 70.5 Å². The maximum absolute atomic E-state index is 6.28. The van der Waals surface area contributed by atoms with Gasteiger partial charge in [-0.2, -0.15) is 0 Å². The molecule has 0 unspecified atom stereocenters. The molecule has 2 aliphatic rings. The molecule has 2 aliphatic carbocycles. The minimum absolute atomic E-state index is 0.0598. The molecule has 11 rings (SSSR count). The van der Waals surface area contributed by atoms with E-state index in [-0.39, 0.29) is 16.2 Å². The SMILES string of the molecule is CC1(C)CCC(C)(C)c2cc3c(cc21)-c1cc(-c2cccc(N(c4ccc5c(c4)sc4ccccc45)c4ccc5oc6ccccc6c5c4)c2)ccc1C3(C)C. The van der Waals surface area contributed by atoms with Crippen molar-refractivity contribution in [1.29, 1.82) is 0 Å². The average Bonchev–Trinajstić information content (AvgIpc) is 3.83. The van der Waals surface area contributed by atoms with Crippen LogP contribution in [0.2, 0.25) is 0 Å². The molecule has 0 aliphatic heterocycles. The summed E-state index contributed by atoms with van der Waals surface area (Å²) >= 11 is 1.86. The van der Waals surface area contributed by atoms with Gasteiger partial charge in [0.25, 0.3) is 0 Å². The Bertz CT molecular complexity index is 3080. The molecule has 9 aromatic rings. The van der Waals surface area contributed by atoms with Crippen molar-refractivity contribution in [1.82, 2.24) is 0 Å². The second kappa shape index (κ2) is 11.7. The normalized spacial score (nSPS) is 16.3. The maximum atomic E-state index is 6.28. The standard InChI is InChI=1S/C53H45NOS/c1-51(2)24-25-52(3,4)46-31-44-41(30-45(46)51)40-27-33(18-22-43(40)53(44,5)6)32-12-11-13-34(26-32)54(35-20-23-48-42(28-35)37-14-7-9-16-47(37)55-48)36-19-21-39-38-15-8-10-17-49(38)56-50(39)29-36/h7-23,26-31H,24-25H2,1-6H3. The Hall–Kier alpha value is -5.64. The highest BCUT2D eigenvalue weighted by Gasteiger charge is 2.42. The lowest BCUT2D eigenvalue weighted by molar-refractivity contribution is 0.331. The third-order valence-electron chi connectivity index (χ3n) is 13.3. The van der Waals surface area contributed by atoms with Crippen LogP contribution in [-0.2, 0) is 16.2 Å². The lowest BCUT2D eigenvalue weighted by Crippen LogP contribution is -2.34. The van der Waals surface area contributed by atoms with Crippen molar-refractivity contribution in [3.8, 4) is 22.3 Å². The molecule has 0 atom stereocenters. The summed E-state index contributed by atoms with van der Waals surface area (Å²) < 4.78 is 8.88. The number of nitrogens with zero attached hydrogens (tertiary/aromatic N) is 1. The number of rotatable bonds is 4. The molecule has 0 amide bonds. The smallest absolute Gasteiger partial charge is 0.135 e. The first kappa shape index (κ1) is 33.7. The molecular weight excluding hydrogens is 699 g/mol. The van der Waals surface area contributed by atoms with Crippen LogP contribution in [0.5, 0.6) is 0 Å². The Morgan fingerprint density at radius 3 is 1.93 bits per heavy atom. The topological polar surface area (TPSA) is 16.4 Å². The van der Waals surface area contributed by atoms with Crippen molar-refractivity contribution in [3.63, 3.8) is 0 Å². The van der Waals surface area contributed by atoms with Gasteiger partial charge in [0.1, 0.15) is 11.2 Å². The number of benzene rings is 7. The summed E-state index contributed by atoms with van der Waals surface area (Å²) in [5.41, 5.74) is 16.6. The van der Waals surface area contributed by atoms with Gasteiger partial charge in [-0.15, -0.1) is 11.3 Å². The van der Waals surface area contributed by atoms with Gasteiger partial charge in [0, 0.05) is 53.4 Å². The van der Waals surface area contributed by atoms with Gasteiger partial charge in [-0.3, -0.25) is 0 Å². The summed E-state index contributed by atoms with van der Waals surface area (Å²) in [5, 5.41) is 4.87. The highest BCUT2D eigenvalue weighted by molar-refractivity contribution is 7.25. The molecule has 0 N–H and O–H groups in total. The van der Waals surface area contributed by atoms with Crippen LogP contribution < -0.4 is 4.90 Å². The van der Waals surface area contributed by atoms with Crippen LogP contribution >= 0.6 is 11.3 Å². The molecule has 0 spiro atoms. The van der Waals surface area contributed by atoms with E-state index < -0.39 is 0 Å². The molecule has 2 nitrogen and oxygen atoms in total. The Labute approximate surface area is 333 Å². The number of hydrogen-bond donors (Lipinski definition) is 0. The summed E-state index contributed by atoms with van der Waals surface area (Å²) in [7, 11) is 0. The van der Waals surface area contributed by atoms with Crippen molar-refractivity contribution < 1.29 is 4.42 Å². The Balaban J connectivity index is 1.07. The second-order valence-electron chi connectivity index (χ2n) is 18.0. The van der Waals surface area contributed by atoms with Gasteiger partial charge >= 0.3 is 0 Å². The van der Waals surface area contributed by atoms with Crippen LogP contribution in [0.4, 0.5) is 17.1 Å². The fourth-order valence-electron chi connectivity index (χ4n) is 9.97. The zero-order valence-electron chi connectivity index (χ0n) is 33.0. The monoisotopic (exact) mass is 743 g/mol. The first-order valence-electron chi connectivity index (χ1n) is 20.0. The largest absolute Gasteiger partial charge is 0.456 e. The van der Waals surface area contributed by atoms with Gasteiger partial charge in [-0.25, -0.2) is 0 Å². The average molecular weight is 744 g/mol. The summed E-state index contributed by atoms with van der Waals surface area (Å²) in [5.74, 6) is 0. The molecule has 2 heterocycles. The zero-order chi connectivity index (χ0) is 38.1. The molecular formula is C53H45NOS. The fraction of sp³-hybridized carbons (Fsp3) is 0.208. The van der Waals surface area contributed by atoms with Gasteiger partial charge in [0.05, 0.1) is 0 Å². The molecule has 3 heteroatoms. The van der Waals surface area contributed by atoms with Gasteiger partial charge in [-0.05, 0) is 135 Å².